The fraction of sp³-hybridized carbons (Fsp3) is 0.357. The highest BCUT2D eigenvalue weighted by atomic mass is 16.4. The molecular weight excluding hydrogens is 226 g/mol. The molecule has 18 heavy (non-hydrogen) atoms. The van der Waals surface area contributed by atoms with Crippen molar-refractivity contribution in [3.8, 4) is 0 Å². The van der Waals surface area contributed by atoms with Crippen molar-refractivity contribution in [3.63, 3.8) is 0 Å². The topological polar surface area (TPSA) is 55.3 Å². The van der Waals surface area contributed by atoms with Crippen molar-refractivity contribution in [2.75, 3.05) is 12.3 Å². The number of oxazole rings is 1. The molecule has 0 atom stereocenters. The lowest BCUT2D eigenvalue weighted by atomic mass is 10.1. The first-order chi connectivity index (χ1) is 8.70. The van der Waals surface area contributed by atoms with Gasteiger partial charge in [0, 0.05) is 19.5 Å². The molecule has 0 unspecified atom stereocenters. The van der Waals surface area contributed by atoms with Crippen LogP contribution in [-0.4, -0.2) is 16.4 Å². The number of nitrogens with zero attached hydrogens (tertiary/aromatic N) is 2. The Hall–Kier alpha value is -1.81. The summed E-state index contributed by atoms with van der Waals surface area (Å²) in [6.45, 7) is 4.86. The fourth-order valence-electron chi connectivity index (χ4n) is 2.35. The van der Waals surface area contributed by atoms with Crippen LogP contribution in [-0.2, 0) is 19.5 Å². The lowest BCUT2D eigenvalue weighted by molar-refractivity contribution is 0.222. The number of aromatic nitrogens is 1. The summed E-state index contributed by atoms with van der Waals surface area (Å²) in [5.41, 5.74) is 9.22. The van der Waals surface area contributed by atoms with Gasteiger partial charge in [-0.1, -0.05) is 29.8 Å². The van der Waals surface area contributed by atoms with E-state index >= 15 is 0 Å². The van der Waals surface area contributed by atoms with Crippen LogP contribution in [0.2, 0.25) is 0 Å². The third-order valence-corrected chi connectivity index (χ3v) is 3.35. The van der Waals surface area contributed by atoms with E-state index in [1.807, 2.05) is 0 Å². The van der Waals surface area contributed by atoms with Gasteiger partial charge in [0.25, 0.3) is 6.01 Å². The zero-order valence-electron chi connectivity index (χ0n) is 10.5. The van der Waals surface area contributed by atoms with E-state index in [9.17, 15) is 0 Å². The van der Waals surface area contributed by atoms with E-state index in [1.165, 1.54) is 11.1 Å². The highest BCUT2D eigenvalue weighted by Crippen LogP contribution is 2.22. The monoisotopic (exact) mass is 243 g/mol. The number of anilines is 1. The van der Waals surface area contributed by atoms with Crippen LogP contribution in [0.25, 0.3) is 0 Å². The molecule has 94 valence electrons. The van der Waals surface area contributed by atoms with Gasteiger partial charge in [-0.2, -0.15) is 4.98 Å². The minimum atomic E-state index is 0.289. The number of fused-ring (bicyclic) bond motifs is 1. The minimum absolute atomic E-state index is 0.289. The molecule has 1 aromatic carbocycles. The molecule has 0 aliphatic carbocycles. The van der Waals surface area contributed by atoms with E-state index in [2.05, 4.69) is 41.1 Å². The third kappa shape index (κ3) is 2.24. The van der Waals surface area contributed by atoms with Gasteiger partial charge in [0.05, 0.1) is 12.2 Å². The normalized spacial score (nSPS) is 15.6. The summed E-state index contributed by atoms with van der Waals surface area (Å²) in [6.07, 6.45) is 0.919. The van der Waals surface area contributed by atoms with E-state index in [1.54, 1.807) is 0 Å². The number of nitrogen functional groups attached to an aromatic ring is 1. The Morgan fingerprint density at radius 2 is 2.11 bits per heavy atom. The highest BCUT2D eigenvalue weighted by Gasteiger charge is 2.21. The second kappa shape index (κ2) is 4.46. The molecule has 4 heteroatoms. The minimum Gasteiger partial charge on any atom is -0.427 e. The molecule has 0 saturated carbocycles. The average Bonchev–Trinajstić information content (AvgIpc) is 2.71. The second-order valence-electron chi connectivity index (χ2n) is 4.87. The van der Waals surface area contributed by atoms with E-state index in [-0.39, 0.29) is 6.01 Å². The van der Waals surface area contributed by atoms with Crippen LogP contribution >= 0.6 is 0 Å². The molecule has 0 fully saturated rings. The third-order valence-electron chi connectivity index (χ3n) is 3.35. The Balaban J connectivity index is 1.70. The predicted molar refractivity (Wildman–Crippen MR) is 69.9 cm³/mol. The number of benzene rings is 1. The zero-order chi connectivity index (χ0) is 12.5. The average molecular weight is 243 g/mol. The van der Waals surface area contributed by atoms with Gasteiger partial charge in [0.15, 0.2) is 0 Å². The van der Waals surface area contributed by atoms with E-state index in [0.29, 0.717) is 0 Å². The first kappa shape index (κ1) is 11.3. The van der Waals surface area contributed by atoms with Gasteiger partial charge in [0.2, 0.25) is 0 Å². The van der Waals surface area contributed by atoms with Gasteiger partial charge in [-0.3, -0.25) is 4.90 Å². The Morgan fingerprint density at radius 1 is 1.33 bits per heavy atom. The van der Waals surface area contributed by atoms with Crippen molar-refractivity contribution in [3.05, 3.63) is 46.8 Å². The van der Waals surface area contributed by atoms with Crippen LogP contribution < -0.4 is 5.73 Å². The van der Waals surface area contributed by atoms with E-state index < -0.39 is 0 Å². The maximum absolute atomic E-state index is 5.58. The maximum atomic E-state index is 5.58. The maximum Gasteiger partial charge on any atom is 0.292 e. The van der Waals surface area contributed by atoms with Crippen molar-refractivity contribution in [2.24, 2.45) is 0 Å². The van der Waals surface area contributed by atoms with Crippen LogP contribution in [0.4, 0.5) is 6.01 Å². The first-order valence-electron chi connectivity index (χ1n) is 6.22. The molecule has 1 aliphatic rings. The Kier molecular flexibility index (Phi) is 2.80. The van der Waals surface area contributed by atoms with Gasteiger partial charge in [-0.25, -0.2) is 0 Å². The smallest absolute Gasteiger partial charge is 0.292 e. The molecule has 1 aliphatic heterocycles. The van der Waals surface area contributed by atoms with Crippen molar-refractivity contribution in [1.82, 2.24) is 9.88 Å². The summed E-state index contributed by atoms with van der Waals surface area (Å²) in [4.78, 5) is 6.55. The summed E-state index contributed by atoms with van der Waals surface area (Å²) in [7, 11) is 0. The second-order valence-corrected chi connectivity index (χ2v) is 4.87. The predicted octanol–water partition coefficient (Wildman–Crippen LogP) is 2.12. The molecule has 2 N–H and O–H groups in total. The summed E-state index contributed by atoms with van der Waals surface area (Å²) in [6, 6.07) is 8.95. The largest absolute Gasteiger partial charge is 0.427 e. The summed E-state index contributed by atoms with van der Waals surface area (Å²) >= 11 is 0. The van der Waals surface area contributed by atoms with Crippen LogP contribution in [0.15, 0.2) is 28.7 Å². The molecule has 0 bridgehead atoms. The number of aryl methyl sites for hydroxylation is 1. The van der Waals surface area contributed by atoms with E-state index in [4.69, 9.17) is 10.2 Å². The Labute approximate surface area is 106 Å². The summed E-state index contributed by atoms with van der Waals surface area (Å²) in [5, 5.41) is 0. The Bertz CT molecular complexity index is 545. The fourth-order valence-corrected chi connectivity index (χ4v) is 2.35. The van der Waals surface area contributed by atoms with Crippen LogP contribution in [0.5, 0.6) is 0 Å². The van der Waals surface area contributed by atoms with Gasteiger partial charge < -0.3 is 10.2 Å². The SMILES string of the molecule is Cc1ccc(CN2CCc3nc(N)oc3C2)cc1. The zero-order valence-corrected chi connectivity index (χ0v) is 10.5. The molecule has 0 radical (unpaired) electrons. The van der Waals surface area contributed by atoms with Crippen LogP contribution in [0, 0.1) is 6.92 Å². The van der Waals surface area contributed by atoms with Crippen molar-refractivity contribution >= 4 is 6.01 Å². The van der Waals surface area contributed by atoms with Crippen LogP contribution in [0.1, 0.15) is 22.6 Å². The Morgan fingerprint density at radius 3 is 2.89 bits per heavy atom. The standard InChI is InChI=1S/C14H17N3O/c1-10-2-4-11(5-3-10)8-17-7-6-12-13(9-17)18-14(15)16-12/h2-5H,6-9H2,1H3,(H2,15,16). The number of rotatable bonds is 2. The van der Waals surface area contributed by atoms with Crippen LogP contribution in [0.3, 0.4) is 0 Å². The summed E-state index contributed by atoms with van der Waals surface area (Å²) in [5.74, 6) is 0.922. The van der Waals surface area contributed by atoms with Crippen molar-refractivity contribution < 1.29 is 4.42 Å². The lowest BCUT2D eigenvalue weighted by Crippen LogP contribution is -2.29. The van der Waals surface area contributed by atoms with Crippen molar-refractivity contribution in [1.29, 1.82) is 0 Å². The molecule has 4 nitrogen and oxygen atoms in total. The molecule has 2 aromatic rings. The lowest BCUT2D eigenvalue weighted by Gasteiger charge is -2.24. The first-order valence-corrected chi connectivity index (χ1v) is 6.22. The van der Waals surface area contributed by atoms with Gasteiger partial charge in [-0.15, -0.1) is 0 Å². The van der Waals surface area contributed by atoms with Gasteiger partial charge >= 0.3 is 0 Å². The highest BCUT2D eigenvalue weighted by molar-refractivity contribution is 5.24. The summed E-state index contributed by atoms with van der Waals surface area (Å²) < 4.78 is 5.42. The molecule has 3 rings (SSSR count). The molecule has 0 spiro atoms. The number of nitrogens with two attached hydrogens (primary N) is 1. The van der Waals surface area contributed by atoms with Gasteiger partial charge in [0.1, 0.15) is 5.76 Å². The van der Waals surface area contributed by atoms with E-state index in [0.717, 1.165) is 37.5 Å². The van der Waals surface area contributed by atoms with Gasteiger partial charge in [-0.05, 0) is 12.5 Å². The molecule has 1 aromatic heterocycles. The molecular formula is C14H17N3O. The molecule has 0 saturated heterocycles. The molecule has 2 heterocycles. The number of hydrogen-bond acceptors (Lipinski definition) is 4. The quantitative estimate of drug-likeness (QED) is 0.877. The molecule has 0 amide bonds. The van der Waals surface area contributed by atoms with Crippen molar-refractivity contribution in [2.45, 2.75) is 26.4 Å². The number of hydrogen-bond donors (Lipinski definition) is 1.